The van der Waals surface area contributed by atoms with E-state index in [1.807, 2.05) is 49.2 Å². The van der Waals surface area contributed by atoms with Gasteiger partial charge in [0.15, 0.2) is 0 Å². The van der Waals surface area contributed by atoms with E-state index >= 15 is 0 Å². The van der Waals surface area contributed by atoms with Gasteiger partial charge in [-0.1, -0.05) is 17.7 Å². The summed E-state index contributed by atoms with van der Waals surface area (Å²) in [5.41, 5.74) is 1.76. The molecule has 0 spiro atoms. The van der Waals surface area contributed by atoms with Crippen molar-refractivity contribution in [2.75, 3.05) is 39.2 Å². The van der Waals surface area contributed by atoms with Gasteiger partial charge in [0, 0.05) is 11.6 Å². The topological polar surface area (TPSA) is 50.8 Å². The number of likely N-dealkylation sites (N-methyl/N-ethyl adjacent to an activating group) is 1. The monoisotopic (exact) mass is 376 g/mol. The van der Waals surface area contributed by atoms with Crippen molar-refractivity contribution in [3.63, 3.8) is 0 Å². The molecule has 2 aromatic rings. The van der Waals surface area contributed by atoms with Crippen LogP contribution in [0.15, 0.2) is 42.5 Å². The maximum absolute atomic E-state index is 12.2. The highest BCUT2D eigenvalue weighted by Gasteiger charge is 2.10. The number of aryl methyl sites for hydroxylation is 1. The smallest absolute Gasteiger partial charge is 0.238 e. The van der Waals surface area contributed by atoms with Crippen LogP contribution in [0.1, 0.15) is 12.0 Å². The van der Waals surface area contributed by atoms with Crippen LogP contribution in [-0.4, -0.2) is 44.7 Å². The Hall–Kier alpha value is -2.24. The molecular weight excluding hydrogens is 352 g/mol. The van der Waals surface area contributed by atoms with E-state index in [1.165, 1.54) is 0 Å². The van der Waals surface area contributed by atoms with Gasteiger partial charge in [-0.15, -0.1) is 0 Å². The van der Waals surface area contributed by atoms with Crippen molar-refractivity contribution >= 4 is 23.2 Å². The van der Waals surface area contributed by atoms with Crippen molar-refractivity contribution in [2.45, 2.75) is 13.3 Å². The van der Waals surface area contributed by atoms with Crippen LogP contribution in [-0.2, 0) is 4.79 Å². The molecule has 0 saturated heterocycles. The van der Waals surface area contributed by atoms with E-state index in [-0.39, 0.29) is 5.91 Å². The lowest BCUT2D eigenvalue weighted by atomic mass is 10.2. The molecule has 0 saturated carbocycles. The minimum atomic E-state index is -0.0741. The Morgan fingerprint density at radius 1 is 1.19 bits per heavy atom. The molecule has 0 aliphatic rings. The fraction of sp³-hybridized carbons (Fsp3) is 0.350. The quantitative estimate of drug-likeness (QED) is 0.672. The Morgan fingerprint density at radius 2 is 1.92 bits per heavy atom. The molecular formula is C20H25ClN2O3. The number of hydrogen-bond acceptors (Lipinski definition) is 4. The fourth-order valence-electron chi connectivity index (χ4n) is 2.49. The number of hydrogen-bond donors (Lipinski definition) is 1. The van der Waals surface area contributed by atoms with Gasteiger partial charge in [-0.25, -0.2) is 0 Å². The highest BCUT2D eigenvalue weighted by Crippen LogP contribution is 2.25. The summed E-state index contributed by atoms with van der Waals surface area (Å²) in [6.07, 6.45) is 0.820. The van der Waals surface area contributed by atoms with Crippen LogP contribution in [0.2, 0.25) is 5.02 Å². The second-order valence-corrected chi connectivity index (χ2v) is 6.58. The Morgan fingerprint density at radius 3 is 2.62 bits per heavy atom. The van der Waals surface area contributed by atoms with E-state index in [0.717, 1.165) is 24.3 Å². The summed E-state index contributed by atoms with van der Waals surface area (Å²) in [4.78, 5) is 14.2. The molecule has 26 heavy (non-hydrogen) atoms. The zero-order valence-electron chi connectivity index (χ0n) is 15.4. The van der Waals surface area contributed by atoms with Crippen molar-refractivity contribution in [1.29, 1.82) is 0 Å². The second-order valence-electron chi connectivity index (χ2n) is 6.15. The van der Waals surface area contributed by atoms with Gasteiger partial charge in [-0.3, -0.25) is 9.69 Å². The normalized spacial score (nSPS) is 10.7. The number of amides is 1. The van der Waals surface area contributed by atoms with E-state index in [1.54, 1.807) is 19.2 Å². The molecule has 0 aliphatic carbocycles. The number of halogens is 1. The summed E-state index contributed by atoms with van der Waals surface area (Å²) in [5.74, 6) is 1.37. The number of benzene rings is 2. The molecule has 1 N–H and O–H groups in total. The minimum Gasteiger partial charge on any atom is -0.495 e. The molecule has 0 aliphatic heterocycles. The van der Waals surface area contributed by atoms with E-state index in [9.17, 15) is 4.79 Å². The van der Waals surface area contributed by atoms with Crippen LogP contribution in [0.5, 0.6) is 11.5 Å². The van der Waals surface area contributed by atoms with Crippen LogP contribution >= 0.6 is 11.6 Å². The Kier molecular flexibility index (Phi) is 7.75. The number of methoxy groups -OCH3 is 1. The van der Waals surface area contributed by atoms with E-state index in [2.05, 4.69) is 5.32 Å². The van der Waals surface area contributed by atoms with Gasteiger partial charge in [-0.2, -0.15) is 0 Å². The summed E-state index contributed by atoms with van der Waals surface area (Å²) < 4.78 is 10.9. The minimum absolute atomic E-state index is 0.0741. The number of carbonyl (C=O) groups excluding carboxylic acids is 1. The highest BCUT2D eigenvalue weighted by atomic mass is 35.5. The molecule has 0 unspecified atom stereocenters. The van der Waals surface area contributed by atoms with Gasteiger partial charge < -0.3 is 14.8 Å². The molecule has 0 atom stereocenters. The fourth-order valence-corrected chi connectivity index (χ4v) is 2.61. The zero-order valence-corrected chi connectivity index (χ0v) is 16.2. The molecule has 1 amide bonds. The van der Waals surface area contributed by atoms with Crippen LogP contribution < -0.4 is 14.8 Å². The number of nitrogens with one attached hydrogen (secondary N) is 1. The van der Waals surface area contributed by atoms with Gasteiger partial charge >= 0.3 is 0 Å². The molecule has 0 heterocycles. The maximum Gasteiger partial charge on any atom is 0.238 e. The predicted octanol–water partition coefficient (Wildman–Crippen LogP) is 4.00. The first-order chi connectivity index (χ1) is 12.5. The van der Waals surface area contributed by atoms with E-state index in [0.29, 0.717) is 29.6 Å². The molecule has 2 rings (SSSR count). The number of carbonyl (C=O) groups is 1. The van der Waals surface area contributed by atoms with Crippen LogP contribution in [0, 0.1) is 6.92 Å². The van der Waals surface area contributed by atoms with Crippen molar-refractivity contribution in [3.8, 4) is 11.5 Å². The summed E-state index contributed by atoms with van der Waals surface area (Å²) in [6.45, 7) is 3.62. The van der Waals surface area contributed by atoms with Gasteiger partial charge in [-0.05, 0) is 62.4 Å². The SMILES string of the molecule is COc1ccc(C)cc1NC(=O)CN(C)CCCOc1ccc(Cl)cc1. The third-order valence-corrected chi connectivity index (χ3v) is 4.06. The molecule has 0 fully saturated rings. The van der Waals surface area contributed by atoms with Crippen molar-refractivity contribution in [3.05, 3.63) is 53.1 Å². The van der Waals surface area contributed by atoms with Gasteiger partial charge in [0.1, 0.15) is 11.5 Å². The summed E-state index contributed by atoms with van der Waals surface area (Å²) in [7, 11) is 3.50. The molecule has 0 radical (unpaired) electrons. The Bertz CT molecular complexity index is 719. The van der Waals surface area contributed by atoms with Crippen LogP contribution in [0.4, 0.5) is 5.69 Å². The third-order valence-electron chi connectivity index (χ3n) is 3.81. The first-order valence-electron chi connectivity index (χ1n) is 8.49. The molecule has 0 aromatic heterocycles. The molecule has 0 bridgehead atoms. The van der Waals surface area contributed by atoms with Crippen molar-refractivity contribution in [2.24, 2.45) is 0 Å². The average molecular weight is 377 g/mol. The average Bonchev–Trinajstić information content (AvgIpc) is 2.60. The van der Waals surface area contributed by atoms with Crippen molar-refractivity contribution < 1.29 is 14.3 Å². The number of nitrogens with zero attached hydrogens (tertiary/aromatic N) is 1. The summed E-state index contributed by atoms with van der Waals surface area (Å²) in [5, 5.41) is 3.59. The molecule has 6 heteroatoms. The lowest BCUT2D eigenvalue weighted by molar-refractivity contribution is -0.117. The Labute approximate surface area is 159 Å². The molecule has 140 valence electrons. The second kappa shape index (κ2) is 10.0. The van der Waals surface area contributed by atoms with Gasteiger partial charge in [0.25, 0.3) is 0 Å². The van der Waals surface area contributed by atoms with Crippen molar-refractivity contribution in [1.82, 2.24) is 4.90 Å². The number of anilines is 1. The highest BCUT2D eigenvalue weighted by molar-refractivity contribution is 6.30. The standard InChI is InChI=1S/C20H25ClN2O3/c1-15-5-10-19(25-3)18(13-15)22-20(24)14-23(2)11-4-12-26-17-8-6-16(21)7-9-17/h5-10,13H,4,11-12,14H2,1-3H3,(H,22,24). The van der Waals surface area contributed by atoms with Gasteiger partial charge in [0.05, 0.1) is 25.9 Å². The summed E-state index contributed by atoms with van der Waals surface area (Å²) >= 11 is 5.84. The predicted molar refractivity (Wildman–Crippen MR) is 105 cm³/mol. The zero-order chi connectivity index (χ0) is 18.9. The third kappa shape index (κ3) is 6.58. The summed E-state index contributed by atoms with van der Waals surface area (Å²) in [6, 6.07) is 13.0. The van der Waals surface area contributed by atoms with Crippen LogP contribution in [0.25, 0.3) is 0 Å². The molecule has 2 aromatic carbocycles. The first-order valence-corrected chi connectivity index (χ1v) is 8.87. The van der Waals surface area contributed by atoms with E-state index < -0.39 is 0 Å². The Balaban J connectivity index is 1.72. The molecule has 5 nitrogen and oxygen atoms in total. The largest absolute Gasteiger partial charge is 0.495 e. The maximum atomic E-state index is 12.2. The van der Waals surface area contributed by atoms with Gasteiger partial charge in [0.2, 0.25) is 5.91 Å². The first kappa shape index (κ1) is 20.1. The number of ether oxygens (including phenoxy) is 2. The lowest BCUT2D eigenvalue weighted by Crippen LogP contribution is -2.31. The van der Waals surface area contributed by atoms with Crippen LogP contribution in [0.3, 0.4) is 0 Å². The number of rotatable bonds is 9. The lowest BCUT2D eigenvalue weighted by Gasteiger charge is -2.17. The van der Waals surface area contributed by atoms with E-state index in [4.69, 9.17) is 21.1 Å².